The number of hydrogen-bond acceptors (Lipinski definition) is 2. The Kier molecular flexibility index (Phi) is 4.58. The summed E-state index contributed by atoms with van der Waals surface area (Å²) in [5, 5.41) is 2.43. The Hall–Kier alpha value is -1.72. The van der Waals surface area contributed by atoms with E-state index in [1.807, 2.05) is 0 Å². The number of halogens is 3. The average Bonchev–Trinajstić information content (AvgIpc) is 2.21. The van der Waals surface area contributed by atoms with Crippen LogP contribution in [0.2, 0.25) is 0 Å². The second-order valence-corrected chi connectivity index (χ2v) is 4.11. The van der Waals surface area contributed by atoms with Gasteiger partial charge in [-0.3, -0.25) is 4.79 Å². The number of nitrogens with two attached hydrogens (primary N) is 1. The Morgan fingerprint density at radius 3 is 2.56 bits per heavy atom. The van der Waals surface area contributed by atoms with Crippen molar-refractivity contribution in [3.63, 3.8) is 0 Å². The van der Waals surface area contributed by atoms with Crippen molar-refractivity contribution in [2.45, 2.75) is 25.9 Å². The summed E-state index contributed by atoms with van der Waals surface area (Å²) in [6.07, 6.45) is -5.21. The molecule has 0 aromatic heterocycles. The van der Waals surface area contributed by atoms with Crippen LogP contribution >= 0.6 is 0 Å². The van der Waals surface area contributed by atoms with Crippen LogP contribution in [0.15, 0.2) is 18.2 Å². The number of nitrogens with one attached hydrogen (secondary N) is 1. The van der Waals surface area contributed by atoms with Crippen molar-refractivity contribution in [3.8, 4) is 0 Å². The molecule has 0 fully saturated rings. The molecule has 0 atom stereocenters. The molecule has 0 aliphatic rings. The van der Waals surface area contributed by atoms with Crippen LogP contribution in [-0.2, 0) is 0 Å². The molecule has 6 heteroatoms. The maximum absolute atomic E-state index is 11.9. The highest BCUT2D eigenvalue weighted by Gasteiger charge is 2.25. The Balaban J connectivity index is 2.46. The Labute approximate surface area is 103 Å². The van der Waals surface area contributed by atoms with E-state index in [1.54, 1.807) is 19.1 Å². The first-order valence-electron chi connectivity index (χ1n) is 5.50. The molecule has 3 nitrogen and oxygen atoms in total. The predicted octanol–water partition coefficient (Wildman–Crippen LogP) is 2.65. The zero-order valence-electron chi connectivity index (χ0n) is 9.97. The van der Waals surface area contributed by atoms with E-state index in [9.17, 15) is 18.0 Å². The number of aryl methyl sites for hydroxylation is 1. The zero-order valence-corrected chi connectivity index (χ0v) is 9.97. The molecule has 0 aliphatic heterocycles. The van der Waals surface area contributed by atoms with E-state index in [4.69, 9.17) is 5.73 Å². The maximum Gasteiger partial charge on any atom is 0.389 e. The lowest BCUT2D eigenvalue weighted by Gasteiger charge is -2.08. The van der Waals surface area contributed by atoms with Gasteiger partial charge in [-0.25, -0.2) is 0 Å². The van der Waals surface area contributed by atoms with Crippen molar-refractivity contribution >= 4 is 11.6 Å². The number of carbonyl (C=O) groups is 1. The topological polar surface area (TPSA) is 55.1 Å². The molecule has 0 saturated heterocycles. The van der Waals surface area contributed by atoms with Crippen molar-refractivity contribution in [1.82, 2.24) is 5.32 Å². The lowest BCUT2D eigenvalue weighted by Crippen LogP contribution is -2.25. The van der Waals surface area contributed by atoms with Gasteiger partial charge in [-0.2, -0.15) is 13.2 Å². The summed E-state index contributed by atoms with van der Waals surface area (Å²) in [5.41, 5.74) is 7.22. The van der Waals surface area contributed by atoms with Crippen LogP contribution in [0, 0.1) is 6.92 Å². The van der Waals surface area contributed by atoms with E-state index in [-0.39, 0.29) is 13.0 Å². The molecule has 0 saturated carbocycles. The average molecular weight is 260 g/mol. The number of amides is 1. The number of hydrogen-bond donors (Lipinski definition) is 2. The largest absolute Gasteiger partial charge is 0.399 e. The first-order chi connectivity index (χ1) is 8.28. The van der Waals surface area contributed by atoms with Crippen molar-refractivity contribution in [2.24, 2.45) is 0 Å². The highest BCUT2D eigenvalue weighted by molar-refractivity contribution is 5.95. The predicted molar refractivity (Wildman–Crippen MR) is 63.2 cm³/mol. The lowest BCUT2D eigenvalue weighted by molar-refractivity contribution is -0.135. The van der Waals surface area contributed by atoms with Crippen LogP contribution in [0.4, 0.5) is 18.9 Å². The van der Waals surface area contributed by atoms with Gasteiger partial charge in [0.15, 0.2) is 0 Å². The van der Waals surface area contributed by atoms with Crippen LogP contribution in [0.3, 0.4) is 0 Å². The van der Waals surface area contributed by atoms with Gasteiger partial charge in [-0.15, -0.1) is 0 Å². The van der Waals surface area contributed by atoms with Crippen molar-refractivity contribution < 1.29 is 18.0 Å². The summed E-state index contributed by atoms with van der Waals surface area (Å²) >= 11 is 0. The van der Waals surface area contributed by atoms with Gasteiger partial charge < -0.3 is 11.1 Å². The van der Waals surface area contributed by atoms with E-state index >= 15 is 0 Å². The fraction of sp³-hybridized carbons (Fsp3) is 0.417. The molecule has 0 heterocycles. The normalized spacial score (nSPS) is 11.3. The van der Waals surface area contributed by atoms with Gasteiger partial charge in [0.25, 0.3) is 5.91 Å². The number of alkyl halides is 3. The molecule has 3 N–H and O–H groups in total. The summed E-state index contributed by atoms with van der Waals surface area (Å²) in [7, 11) is 0. The molecule has 0 spiro atoms. The monoisotopic (exact) mass is 260 g/mol. The SMILES string of the molecule is Cc1cc(N)cc(C(=O)NCCCC(F)(F)F)c1. The zero-order chi connectivity index (χ0) is 13.8. The van der Waals surface area contributed by atoms with E-state index in [0.717, 1.165) is 5.56 Å². The summed E-state index contributed by atoms with van der Waals surface area (Å²) < 4.78 is 35.6. The molecule has 18 heavy (non-hydrogen) atoms. The number of carbonyl (C=O) groups excluding carboxylic acids is 1. The molecule has 100 valence electrons. The Bertz CT molecular complexity index is 410. The van der Waals surface area contributed by atoms with Crippen molar-refractivity contribution in [1.29, 1.82) is 0 Å². The molecule has 1 aromatic carbocycles. The van der Waals surface area contributed by atoms with Crippen LogP contribution in [-0.4, -0.2) is 18.6 Å². The first kappa shape index (κ1) is 14.3. The van der Waals surface area contributed by atoms with E-state index in [1.165, 1.54) is 6.07 Å². The van der Waals surface area contributed by atoms with Gasteiger partial charge in [0, 0.05) is 24.2 Å². The third-order valence-electron chi connectivity index (χ3n) is 2.28. The lowest BCUT2D eigenvalue weighted by atomic mass is 10.1. The molecule has 0 aliphatic carbocycles. The summed E-state index contributed by atoms with van der Waals surface area (Å²) in [4.78, 5) is 11.6. The summed E-state index contributed by atoms with van der Waals surface area (Å²) in [6, 6.07) is 4.84. The maximum atomic E-state index is 11.9. The number of anilines is 1. The van der Waals surface area contributed by atoms with Crippen molar-refractivity contribution in [2.75, 3.05) is 12.3 Å². The number of nitrogen functional groups attached to an aromatic ring is 1. The molecular weight excluding hydrogens is 245 g/mol. The number of rotatable bonds is 4. The minimum Gasteiger partial charge on any atom is -0.399 e. The highest BCUT2D eigenvalue weighted by atomic mass is 19.4. The third kappa shape index (κ3) is 5.07. The highest BCUT2D eigenvalue weighted by Crippen LogP contribution is 2.20. The van der Waals surface area contributed by atoms with E-state index in [2.05, 4.69) is 5.32 Å². The Morgan fingerprint density at radius 2 is 2.00 bits per heavy atom. The first-order valence-corrected chi connectivity index (χ1v) is 5.50. The third-order valence-corrected chi connectivity index (χ3v) is 2.28. The summed E-state index contributed by atoms with van der Waals surface area (Å²) in [6.45, 7) is 1.78. The van der Waals surface area contributed by atoms with Gasteiger partial charge in [-0.1, -0.05) is 0 Å². The quantitative estimate of drug-likeness (QED) is 0.646. The van der Waals surface area contributed by atoms with Crippen LogP contribution < -0.4 is 11.1 Å². The molecule has 0 radical (unpaired) electrons. The fourth-order valence-electron chi connectivity index (χ4n) is 1.54. The van der Waals surface area contributed by atoms with Crippen molar-refractivity contribution in [3.05, 3.63) is 29.3 Å². The van der Waals surface area contributed by atoms with Crippen LogP contribution in [0.5, 0.6) is 0 Å². The minimum atomic E-state index is -4.18. The van der Waals surface area contributed by atoms with Gasteiger partial charge in [-0.05, 0) is 37.1 Å². The summed E-state index contributed by atoms with van der Waals surface area (Å²) in [5.74, 6) is -0.410. The molecule has 1 rings (SSSR count). The van der Waals surface area contributed by atoms with E-state index < -0.39 is 18.5 Å². The molecule has 1 amide bonds. The fourth-order valence-corrected chi connectivity index (χ4v) is 1.54. The molecule has 0 bridgehead atoms. The standard InChI is InChI=1S/C12H15F3N2O/c1-8-5-9(7-10(16)6-8)11(18)17-4-2-3-12(13,14)15/h5-7H,2-4,16H2,1H3,(H,17,18). The van der Waals surface area contributed by atoms with Gasteiger partial charge in [0.1, 0.15) is 0 Å². The van der Waals surface area contributed by atoms with Crippen LogP contribution in [0.25, 0.3) is 0 Å². The molecule has 0 unspecified atom stereocenters. The second kappa shape index (κ2) is 5.75. The second-order valence-electron chi connectivity index (χ2n) is 4.11. The van der Waals surface area contributed by atoms with Gasteiger partial charge >= 0.3 is 6.18 Å². The molecular formula is C12H15F3N2O. The van der Waals surface area contributed by atoms with E-state index in [0.29, 0.717) is 11.3 Å². The smallest absolute Gasteiger partial charge is 0.389 e. The number of benzene rings is 1. The molecule has 1 aromatic rings. The Morgan fingerprint density at radius 1 is 1.33 bits per heavy atom. The minimum absolute atomic E-state index is 0.00775. The van der Waals surface area contributed by atoms with Crippen LogP contribution in [0.1, 0.15) is 28.8 Å². The van der Waals surface area contributed by atoms with Gasteiger partial charge in [0.2, 0.25) is 0 Å². The van der Waals surface area contributed by atoms with Gasteiger partial charge in [0.05, 0.1) is 0 Å².